The van der Waals surface area contributed by atoms with E-state index in [1.807, 2.05) is 24.3 Å². The molecule has 2 aliphatic rings. The van der Waals surface area contributed by atoms with Crippen molar-refractivity contribution in [2.24, 2.45) is 11.8 Å². The standard InChI is InChI=1S/C26H32N4O3/c1-32-21-12-10-19(11-13-21)24(31)28-16-17-6-8-20(9-7-17)25-29-30-26(33-25)23-22-5-3-2-4-18(22)14-15-27-23/h2-5,14-15,17,19-21H,6-13,16H2,1H3,(H,28,31). The summed E-state index contributed by atoms with van der Waals surface area (Å²) in [6.45, 7) is 0.769. The van der Waals surface area contributed by atoms with E-state index in [-0.39, 0.29) is 17.7 Å². The van der Waals surface area contributed by atoms with Crippen molar-refractivity contribution in [3.8, 4) is 11.6 Å². The zero-order valence-corrected chi connectivity index (χ0v) is 19.2. The Morgan fingerprint density at radius 1 is 1.03 bits per heavy atom. The van der Waals surface area contributed by atoms with E-state index < -0.39 is 0 Å². The lowest BCUT2D eigenvalue weighted by atomic mass is 9.81. The number of amides is 1. The van der Waals surface area contributed by atoms with Crippen LogP contribution in [0.15, 0.2) is 40.9 Å². The Balaban J connectivity index is 1.13. The van der Waals surface area contributed by atoms with Crippen LogP contribution in [0.2, 0.25) is 0 Å². The molecule has 1 N–H and O–H groups in total. The van der Waals surface area contributed by atoms with E-state index in [9.17, 15) is 4.79 Å². The van der Waals surface area contributed by atoms with Gasteiger partial charge in [-0.05, 0) is 68.7 Å². The highest BCUT2D eigenvalue weighted by Crippen LogP contribution is 2.36. The minimum atomic E-state index is 0.146. The predicted octanol–water partition coefficient (Wildman–Crippen LogP) is 4.88. The second-order valence-electron chi connectivity index (χ2n) is 9.50. The van der Waals surface area contributed by atoms with Gasteiger partial charge >= 0.3 is 0 Å². The summed E-state index contributed by atoms with van der Waals surface area (Å²) in [7, 11) is 1.76. The maximum atomic E-state index is 12.6. The van der Waals surface area contributed by atoms with Crippen LogP contribution >= 0.6 is 0 Å². The average Bonchev–Trinajstić information content (AvgIpc) is 3.37. The highest BCUT2D eigenvalue weighted by molar-refractivity contribution is 5.92. The van der Waals surface area contributed by atoms with Crippen LogP contribution in [-0.4, -0.2) is 40.8 Å². The van der Waals surface area contributed by atoms with Gasteiger partial charge in [-0.2, -0.15) is 0 Å². The summed E-state index contributed by atoms with van der Waals surface area (Å²) in [4.78, 5) is 17.1. The molecular weight excluding hydrogens is 416 g/mol. The Labute approximate surface area is 194 Å². The van der Waals surface area contributed by atoms with Gasteiger partial charge in [0, 0.05) is 37.1 Å². The lowest BCUT2D eigenvalue weighted by Crippen LogP contribution is -2.37. The molecule has 33 heavy (non-hydrogen) atoms. The van der Waals surface area contributed by atoms with Crippen LogP contribution < -0.4 is 5.32 Å². The van der Waals surface area contributed by atoms with Gasteiger partial charge in [0.15, 0.2) is 0 Å². The number of nitrogens with zero attached hydrogens (tertiary/aromatic N) is 3. The first-order valence-electron chi connectivity index (χ1n) is 12.2. The fourth-order valence-electron chi connectivity index (χ4n) is 5.35. The third-order valence-corrected chi connectivity index (χ3v) is 7.46. The number of nitrogens with one attached hydrogen (secondary N) is 1. The maximum Gasteiger partial charge on any atom is 0.266 e. The Bertz CT molecular complexity index is 1080. The summed E-state index contributed by atoms with van der Waals surface area (Å²) >= 11 is 0. The van der Waals surface area contributed by atoms with Crippen molar-refractivity contribution >= 4 is 16.7 Å². The maximum absolute atomic E-state index is 12.6. The van der Waals surface area contributed by atoms with Gasteiger partial charge in [-0.3, -0.25) is 9.78 Å². The Morgan fingerprint density at radius 2 is 1.82 bits per heavy atom. The summed E-state index contributed by atoms with van der Waals surface area (Å²) in [6, 6.07) is 10.1. The van der Waals surface area contributed by atoms with Crippen molar-refractivity contribution in [1.29, 1.82) is 0 Å². The first kappa shape index (κ1) is 22.0. The molecule has 174 valence electrons. The molecular formula is C26H32N4O3. The third-order valence-electron chi connectivity index (χ3n) is 7.46. The van der Waals surface area contributed by atoms with Crippen molar-refractivity contribution in [2.45, 2.75) is 63.4 Å². The van der Waals surface area contributed by atoms with Crippen molar-refractivity contribution in [3.63, 3.8) is 0 Å². The van der Waals surface area contributed by atoms with Crippen LogP contribution in [0.5, 0.6) is 0 Å². The number of benzene rings is 1. The number of hydrogen-bond acceptors (Lipinski definition) is 6. The van der Waals surface area contributed by atoms with E-state index in [1.165, 1.54) is 0 Å². The molecule has 0 spiro atoms. The second-order valence-corrected chi connectivity index (χ2v) is 9.50. The SMILES string of the molecule is COC1CCC(C(=O)NCC2CCC(c3nnc(-c4nccc5ccccc45)o3)CC2)CC1. The molecule has 0 saturated heterocycles. The molecule has 3 aromatic rings. The van der Waals surface area contributed by atoms with Crippen LogP contribution in [0.25, 0.3) is 22.4 Å². The Kier molecular flexibility index (Phi) is 6.67. The van der Waals surface area contributed by atoms with Crippen LogP contribution in [0.1, 0.15) is 63.2 Å². The van der Waals surface area contributed by atoms with E-state index >= 15 is 0 Å². The fraction of sp³-hybridized carbons (Fsp3) is 0.538. The highest BCUT2D eigenvalue weighted by Gasteiger charge is 2.29. The van der Waals surface area contributed by atoms with Gasteiger partial charge in [-0.25, -0.2) is 0 Å². The molecule has 0 atom stereocenters. The number of aromatic nitrogens is 3. The topological polar surface area (TPSA) is 90.1 Å². The number of ether oxygens (including phenoxy) is 1. The Hall–Kier alpha value is -2.80. The number of pyridine rings is 1. The number of methoxy groups -OCH3 is 1. The van der Waals surface area contributed by atoms with Crippen LogP contribution in [0.4, 0.5) is 0 Å². The smallest absolute Gasteiger partial charge is 0.266 e. The minimum absolute atomic E-state index is 0.146. The van der Waals surface area contributed by atoms with Crippen LogP contribution in [-0.2, 0) is 9.53 Å². The van der Waals surface area contributed by atoms with Gasteiger partial charge in [0.2, 0.25) is 11.8 Å². The number of hydrogen-bond donors (Lipinski definition) is 1. The lowest BCUT2D eigenvalue weighted by molar-refractivity contribution is -0.127. The summed E-state index contributed by atoms with van der Waals surface area (Å²) in [5.74, 6) is 2.35. The van der Waals surface area contributed by atoms with Gasteiger partial charge in [0.05, 0.1) is 6.10 Å². The van der Waals surface area contributed by atoms with Crippen molar-refractivity contribution < 1.29 is 13.9 Å². The van der Waals surface area contributed by atoms with E-state index in [2.05, 4.69) is 26.6 Å². The van der Waals surface area contributed by atoms with E-state index in [0.717, 1.165) is 74.4 Å². The van der Waals surface area contributed by atoms with Crippen molar-refractivity contribution in [3.05, 3.63) is 42.4 Å². The number of rotatable bonds is 6. The first-order valence-corrected chi connectivity index (χ1v) is 12.2. The summed E-state index contributed by atoms with van der Waals surface area (Å²) in [5, 5.41) is 14.0. The van der Waals surface area contributed by atoms with E-state index in [4.69, 9.17) is 9.15 Å². The van der Waals surface area contributed by atoms with Gasteiger partial charge in [-0.15, -0.1) is 10.2 Å². The second kappa shape index (κ2) is 10.00. The molecule has 2 fully saturated rings. The molecule has 5 rings (SSSR count). The monoisotopic (exact) mass is 448 g/mol. The van der Waals surface area contributed by atoms with Gasteiger partial charge in [-0.1, -0.05) is 24.3 Å². The molecule has 1 amide bonds. The molecule has 0 bridgehead atoms. The van der Waals surface area contributed by atoms with Gasteiger partial charge < -0.3 is 14.5 Å². The van der Waals surface area contributed by atoms with Crippen molar-refractivity contribution in [2.75, 3.05) is 13.7 Å². The molecule has 0 radical (unpaired) electrons. The van der Waals surface area contributed by atoms with Crippen molar-refractivity contribution in [1.82, 2.24) is 20.5 Å². The van der Waals surface area contributed by atoms with Gasteiger partial charge in [0.25, 0.3) is 5.89 Å². The highest BCUT2D eigenvalue weighted by atomic mass is 16.5. The molecule has 2 saturated carbocycles. The molecule has 7 heteroatoms. The van der Waals surface area contributed by atoms with Crippen LogP contribution in [0, 0.1) is 11.8 Å². The zero-order valence-electron chi connectivity index (χ0n) is 19.2. The molecule has 2 heterocycles. The zero-order chi connectivity index (χ0) is 22.6. The van der Waals surface area contributed by atoms with Crippen LogP contribution in [0.3, 0.4) is 0 Å². The molecule has 0 aliphatic heterocycles. The lowest BCUT2D eigenvalue weighted by Gasteiger charge is -2.29. The summed E-state index contributed by atoms with van der Waals surface area (Å²) in [6.07, 6.45) is 10.1. The average molecular weight is 449 g/mol. The largest absolute Gasteiger partial charge is 0.419 e. The third kappa shape index (κ3) is 4.93. The minimum Gasteiger partial charge on any atom is -0.419 e. The number of carbonyl (C=O) groups excluding carboxylic acids is 1. The molecule has 2 aromatic heterocycles. The fourth-order valence-corrected chi connectivity index (χ4v) is 5.35. The first-order chi connectivity index (χ1) is 16.2. The quantitative estimate of drug-likeness (QED) is 0.578. The van der Waals surface area contributed by atoms with Gasteiger partial charge in [0.1, 0.15) is 5.69 Å². The van der Waals surface area contributed by atoms with E-state index in [1.54, 1.807) is 13.3 Å². The summed E-state index contributed by atoms with van der Waals surface area (Å²) < 4.78 is 11.5. The molecule has 0 unspecified atom stereocenters. The molecule has 2 aliphatic carbocycles. The number of carbonyl (C=O) groups is 1. The molecule has 1 aromatic carbocycles. The Morgan fingerprint density at radius 3 is 2.61 bits per heavy atom. The predicted molar refractivity (Wildman–Crippen MR) is 125 cm³/mol. The van der Waals surface area contributed by atoms with E-state index in [0.29, 0.717) is 23.8 Å². The number of fused-ring (bicyclic) bond motifs is 1. The molecule has 7 nitrogen and oxygen atoms in total. The summed E-state index contributed by atoms with van der Waals surface area (Å²) in [5.41, 5.74) is 0.739. The normalized spacial score (nSPS) is 25.7.